The van der Waals surface area contributed by atoms with Crippen molar-refractivity contribution in [3.8, 4) is 0 Å². The van der Waals surface area contributed by atoms with E-state index in [2.05, 4.69) is 12.2 Å². The van der Waals surface area contributed by atoms with Crippen LogP contribution in [-0.2, 0) is 0 Å². The molecule has 1 heterocycles. The Morgan fingerprint density at radius 1 is 1.78 bits per heavy atom. The normalized spacial score (nSPS) is 9.44. The Labute approximate surface area is 58.7 Å². The molecule has 2 nitrogen and oxygen atoms in total. The third kappa shape index (κ3) is 1.10. The zero-order valence-corrected chi connectivity index (χ0v) is 5.87. The highest BCUT2D eigenvalue weighted by Gasteiger charge is 2.02. The Bertz CT molecular complexity index is 229. The highest BCUT2D eigenvalue weighted by molar-refractivity contribution is 7.80. The molecule has 3 heteroatoms. The molecule has 0 saturated carbocycles. The van der Waals surface area contributed by atoms with E-state index < -0.39 is 0 Å². The molecule has 0 aliphatic rings. The number of rotatable bonds is 1. The summed E-state index contributed by atoms with van der Waals surface area (Å²) in [6.07, 6.45) is 1.57. The molecule has 0 fully saturated rings. The van der Waals surface area contributed by atoms with Gasteiger partial charge in [0.25, 0.3) is 0 Å². The molecular formula is C6H7NOS. The van der Waals surface area contributed by atoms with Crippen LogP contribution in [0.25, 0.3) is 0 Å². The molecule has 0 atom stereocenters. The maximum absolute atomic E-state index is 5.30. The summed E-state index contributed by atoms with van der Waals surface area (Å²) < 4.78 is 4.96. The lowest BCUT2D eigenvalue weighted by Crippen LogP contribution is -2.08. The van der Waals surface area contributed by atoms with E-state index in [1.54, 1.807) is 6.26 Å². The van der Waals surface area contributed by atoms with E-state index in [-0.39, 0.29) is 0 Å². The van der Waals surface area contributed by atoms with Crippen molar-refractivity contribution in [2.24, 2.45) is 5.73 Å². The van der Waals surface area contributed by atoms with Gasteiger partial charge in [0.2, 0.25) is 0 Å². The first kappa shape index (κ1) is 6.29. The van der Waals surface area contributed by atoms with Gasteiger partial charge in [-0.1, -0.05) is 12.2 Å². The molecule has 0 bridgehead atoms. The highest BCUT2D eigenvalue weighted by Crippen LogP contribution is 2.07. The number of hydrogen-bond acceptors (Lipinski definition) is 2. The summed E-state index contributed by atoms with van der Waals surface area (Å²) in [4.78, 5) is 0.317. The molecular weight excluding hydrogens is 134 g/mol. The van der Waals surface area contributed by atoms with Gasteiger partial charge in [0.05, 0.1) is 6.26 Å². The molecule has 0 aliphatic carbocycles. The van der Waals surface area contributed by atoms with Gasteiger partial charge in [0.1, 0.15) is 4.99 Å². The first-order valence-electron chi connectivity index (χ1n) is 2.55. The van der Waals surface area contributed by atoms with Crippen molar-refractivity contribution in [2.45, 2.75) is 6.92 Å². The fourth-order valence-corrected chi connectivity index (χ4v) is 0.834. The van der Waals surface area contributed by atoms with Crippen LogP contribution in [0.4, 0.5) is 0 Å². The second-order valence-corrected chi connectivity index (χ2v) is 2.24. The molecule has 1 rings (SSSR count). The number of nitrogens with two attached hydrogens (primary N) is 1. The van der Waals surface area contributed by atoms with Gasteiger partial charge < -0.3 is 10.2 Å². The van der Waals surface area contributed by atoms with Crippen molar-refractivity contribution in [1.29, 1.82) is 0 Å². The summed E-state index contributed by atoms with van der Waals surface area (Å²) in [6, 6.07) is 1.83. The average Bonchev–Trinajstić information content (AvgIpc) is 2.13. The van der Waals surface area contributed by atoms with Crippen LogP contribution in [0.2, 0.25) is 0 Å². The van der Waals surface area contributed by atoms with Crippen LogP contribution in [0, 0.1) is 6.92 Å². The minimum Gasteiger partial charge on any atom is -0.462 e. The highest BCUT2D eigenvalue weighted by atomic mass is 32.1. The second kappa shape index (κ2) is 2.19. The van der Waals surface area contributed by atoms with Gasteiger partial charge in [-0.25, -0.2) is 0 Å². The number of aryl methyl sites for hydroxylation is 1. The van der Waals surface area contributed by atoms with Gasteiger partial charge in [-0.15, -0.1) is 0 Å². The summed E-state index contributed by atoms with van der Waals surface area (Å²) >= 11 is 4.69. The van der Waals surface area contributed by atoms with Gasteiger partial charge in [-0.05, 0) is 18.6 Å². The Morgan fingerprint density at radius 2 is 2.44 bits per heavy atom. The lowest BCUT2D eigenvalue weighted by molar-refractivity contribution is 0.556. The van der Waals surface area contributed by atoms with Gasteiger partial charge in [-0.2, -0.15) is 0 Å². The summed E-state index contributed by atoms with van der Waals surface area (Å²) in [5.74, 6) is 0.616. The van der Waals surface area contributed by atoms with Crippen molar-refractivity contribution < 1.29 is 4.42 Å². The zero-order valence-electron chi connectivity index (χ0n) is 5.05. The molecule has 0 aromatic carbocycles. The predicted molar refractivity (Wildman–Crippen MR) is 39.3 cm³/mol. The Hall–Kier alpha value is -0.830. The Kier molecular flexibility index (Phi) is 1.53. The fourth-order valence-electron chi connectivity index (χ4n) is 0.625. The van der Waals surface area contributed by atoms with Crippen LogP contribution < -0.4 is 5.73 Å². The van der Waals surface area contributed by atoms with Crippen LogP contribution in [-0.4, -0.2) is 4.99 Å². The van der Waals surface area contributed by atoms with Gasteiger partial charge in [0, 0.05) is 0 Å². The lowest BCUT2D eigenvalue weighted by atomic mass is 10.3. The molecule has 0 amide bonds. The first-order chi connectivity index (χ1) is 4.22. The summed E-state index contributed by atoms with van der Waals surface area (Å²) in [7, 11) is 0. The fraction of sp³-hybridized carbons (Fsp3) is 0.167. The second-order valence-electron chi connectivity index (χ2n) is 1.80. The van der Waals surface area contributed by atoms with E-state index in [0.717, 1.165) is 5.56 Å². The zero-order chi connectivity index (χ0) is 6.85. The van der Waals surface area contributed by atoms with E-state index in [1.165, 1.54) is 0 Å². The molecule has 0 unspecified atom stereocenters. The number of thiocarbonyl (C=S) groups is 1. The van der Waals surface area contributed by atoms with Crippen LogP contribution >= 0.6 is 12.2 Å². The molecule has 0 spiro atoms. The predicted octanol–water partition coefficient (Wildman–Crippen LogP) is 1.22. The van der Waals surface area contributed by atoms with Crippen molar-refractivity contribution in [1.82, 2.24) is 0 Å². The van der Waals surface area contributed by atoms with Crippen molar-refractivity contribution in [3.05, 3.63) is 23.7 Å². The average molecular weight is 141 g/mol. The first-order valence-corrected chi connectivity index (χ1v) is 2.96. The van der Waals surface area contributed by atoms with Crippen molar-refractivity contribution in [2.75, 3.05) is 0 Å². The summed E-state index contributed by atoms with van der Waals surface area (Å²) in [5.41, 5.74) is 6.29. The van der Waals surface area contributed by atoms with E-state index in [0.29, 0.717) is 10.7 Å². The molecule has 48 valence electrons. The SMILES string of the molecule is Cc1ccoc1C(N)=S. The topological polar surface area (TPSA) is 39.2 Å². The van der Waals surface area contributed by atoms with Gasteiger partial charge in [-0.3, -0.25) is 0 Å². The van der Waals surface area contributed by atoms with E-state index >= 15 is 0 Å². The summed E-state index contributed by atoms with van der Waals surface area (Å²) in [5, 5.41) is 0. The lowest BCUT2D eigenvalue weighted by Gasteiger charge is -1.90. The molecule has 0 saturated heterocycles. The third-order valence-electron chi connectivity index (χ3n) is 1.09. The van der Waals surface area contributed by atoms with Crippen LogP contribution in [0.5, 0.6) is 0 Å². The minimum atomic E-state index is 0.317. The maximum Gasteiger partial charge on any atom is 0.163 e. The van der Waals surface area contributed by atoms with E-state index in [4.69, 9.17) is 10.2 Å². The number of furan rings is 1. The largest absolute Gasteiger partial charge is 0.462 e. The smallest absolute Gasteiger partial charge is 0.163 e. The standard InChI is InChI=1S/C6H7NOS/c1-4-2-3-8-5(4)6(7)9/h2-3H,1H3,(H2,7,9). The van der Waals surface area contributed by atoms with Gasteiger partial charge in [0.15, 0.2) is 5.76 Å². The van der Waals surface area contributed by atoms with E-state index in [1.807, 2.05) is 13.0 Å². The third-order valence-corrected chi connectivity index (χ3v) is 1.27. The van der Waals surface area contributed by atoms with Crippen LogP contribution in [0.3, 0.4) is 0 Å². The molecule has 2 N–H and O–H groups in total. The van der Waals surface area contributed by atoms with Crippen LogP contribution in [0.1, 0.15) is 11.3 Å². The minimum absolute atomic E-state index is 0.317. The van der Waals surface area contributed by atoms with E-state index in [9.17, 15) is 0 Å². The summed E-state index contributed by atoms with van der Waals surface area (Å²) in [6.45, 7) is 1.90. The molecule has 1 aromatic rings. The van der Waals surface area contributed by atoms with Gasteiger partial charge >= 0.3 is 0 Å². The maximum atomic E-state index is 5.30. The molecule has 1 aromatic heterocycles. The molecule has 9 heavy (non-hydrogen) atoms. The van der Waals surface area contributed by atoms with Crippen molar-refractivity contribution in [3.63, 3.8) is 0 Å². The monoisotopic (exact) mass is 141 g/mol. The molecule has 0 aliphatic heterocycles. The van der Waals surface area contributed by atoms with Crippen molar-refractivity contribution >= 4 is 17.2 Å². The number of hydrogen-bond donors (Lipinski definition) is 1. The quantitative estimate of drug-likeness (QED) is 0.598. The molecule has 0 radical (unpaired) electrons. The Morgan fingerprint density at radius 3 is 2.67 bits per heavy atom. The van der Waals surface area contributed by atoms with Crippen LogP contribution in [0.15, 0.2) is 16.7 Å². The Balaban J connectivity index is 3.08.